The number of hydrogen-bond donors (Lipinski definition) is 1. The van der Waals surface area contributed by atoms with Gasteiger partial charge in [-0.3, -0.25) is 4.79 Å². The number of nitrogens with two attached hydrogens (primary N) is 1. The molecule has 0 unspecified atom stereocenters. The molecule has 2 heterocycles. The average Bonchev–Trinajstić information content (AvgIpc) is 3.54. The highest BCUT2D eigenvalue weighted by atomic mass is 16.1. The molecule has 0 radical (unpaired) electrons. The van der Waals surface area contributed by atoms with Crippen molar-refractivity contribution in [2.24, 2.45) is 5.73 Å². The molecular formula is C21H25N5O. The van der Waals surface area contributed by atoms with Gasteiger partial charge in [0, 0.05) is 18.7 Å². The van der Waals surface area contributed by atoms with Crippen molar-refractivity contribution in [3.8, 4) is 6.07 Å². The van der Waals surface area contributed by atoms with Gasteiger partial charge >= 0.3 is 0 Å². The van der Waals surface area contributed by atoms with Gasteiger partial charge in [0.05, 0.1) is 11.9 Å². The maximum absolute atomic E-state index is 10.7. The third-order valence-electron chi connectivity index (χ3n) is 4.96. The first kappa shape index (κ1) is 18.8. The van der Waals surface area contributed by atoms with Gasteiger partial charge < -0.3 is 10.6 Å². The number of aromatic nitrogens is 2. The zero-order valence-corrected chi connectivity index (χ0v) is 15.7. The summed E-state index contributed by atoms with van der Waals surface area (Å²) >= 11 is 0. The third kappa shape index (κ3) is 5.04. The van der Waals surface area contributed by atoms with Crippen LogP contribution in [0.25, 0.3) is 0 Å². The van der Waals surface area contributed by atoms with Crippen molar-refractivity contribution in [1.82, 2.24) is 9.97 Å². The second kappa shape index (κ2) is 8.63. The summed E-state index contributed by atoms with van der Waals surface area (Å²) in [5, 5.41) is 8.75. The number of nitrogens with zero attached hydrogens (tertiary/aromatic N) is 4. The van der Waals surface area contributed by atoms with E-state index in [9.17, 15) is 4.79 Å². The van der Waals surface area contributed by atoms with Crippen molar-refractivity contribution in [2.75, 3.05) is 18.0 Å². The maximum atomic E-state index is 10.7. The number of carbonyl (C=O) groups is 1. The smallest absolute Gasteiger partial charge is 0.248 e. The molecule has 2 aromatic rings. The van der Waals surface area contributed by atoms with Gasteiger partial charge in [0.2, 0.25) is 5.91 Å². The van der Waals surface area contributed by atoms with Crippen LogP contribution in [0.4, 0.5) is 5.82 Å². The number of piperidine rings is 1. The predicted octanol–water partition coefficient (Wildman–Crippen LogP) is 3.31. The zero-order valence-electron chi connectivity index (χ0n) is 15.7. The lowest BCUT2D eigenvalue weighted by Crippen LogP contribution is -2.30. The van der Waals surface area contributed by atoms with Gasteiger partial charge in [-0.1, -0.05) is 12.1 Å². The Labute approximate surface area is 160 Å². The molecule has 1 aliphatic heterocycles. The number of benzene rings is 1. The number of nitriles is 1. The van der Waals surface area contributed by atoms with Crippen LogP contribution in [0.3, 0.4) is 0 Å². The Morgan fingerprint density at radius 3 is 2.37 bits per heavy atom. The number of rotatable bonds is 3. The first-order valence-electron chi connectivity index (χ1n) is 9.47. The summed E-state index contributed by atoms with van der Waals surface area (Å²) in [6.07, 6.45) is 8.03. The van der Waals surface area contributed by atoms with Crippen LogP contribution in [-0.4, -0.2) is 29.0 Å². The molecule has 1 aromatic heterocycles. The maximum Gasteiger partial charge on any atom is 0.248 e. The topological polar surface area (TPSA) is 95.9 Å². The van der Waals surface area contributed by atoms with Crippen molar-refractivity contribution in [2.45, 2.75) is 44.9 Å². The van der Waals surface area contributed by atoms with Crippen LogP contribution >= 0.6 is 0 Å². The van der Waals surface area contributed by atoms with Crippen molar-refractivity contribution in [3.63, 3.8) is 0 Å². The van der Waals surface area contributed by atoms with Crippen LogP contribution < -0.4 is 10.6 Å². The average molecular weight is 363 g/mol. The molecule has 2 fully saturated rings. The van der Waals surface area contributed by atoms with E-state index in [4.69, 9.17) is 11.0 Å². The van der Waals surface area contributed by atoms with Gasteiger partial charge in [-0.25, -0.2) is 9.97 Å². The number of aryl methyl sites for hydroxylation is 1. The minimum atomic E-state index is -0.350. The predicted molar refractivity (Wildman–Crippen MR) is 104 cm³/mol. The molecule has 0 spiro atoms. The SMILES string of the molecule is Cc1nc(N2CCCCC2)cnc1C#N.NC(=O)c1ccc(C2CC2)cc1. The van der Waals surface area contributed by atoms with E-state index >= 15 is 0 Å². The van der Waals surface area contributed by atoms with E-state index < -0.39 is 0 Å². The molecule has 6 nitrogen and oxygen atoms in total. The number of amides is 1. The lowest BCUT2D eigenvalue weighted by molar-refractivity contribution is 0.100. The van der Waals surface area contributed by atoms with Crippen molar-refractivity contribution < 1.29 is 4.79 Å². The highest BCUT2D eigenvalue weighted by Crippen LogP contribution is 2.39. The van der Waals surface area contributed by atoms with Crippen LogP contribution in [0.5, 0.6) is 0 Å². The van der Waals surface area contributed by atoms with Gasteiger partial charge in [0.15, 0.2) is 5.69 Å². The van der Waals surface area contributed by atoms with Gasteiger partial charge in [-0.15, -0.1) is 0 Å². The van der Waals surface area contributed by atoms with Crippen LogP contribution in [0.15, 0.2) is 30.5 Å². The number of anilines is 1. The Morgan fingerprint density at radius 1 is 1.19 bits per heavy atom. The summed E-state index contributed by atoms with van der Waals surface area (Å²) < 4.78 is 0. The van der Waals surface area contributed by atoms with Crippen LogP contribution in [0.2, 0.25) is 0 Å². The van der Waals surface area contributed by atoms with E-state index in [1.54, 1.807) is 18.3 Å². The lowest BCUT2D eigenvalue weighted by Gasteiger charge is -2.27. The molecule has 1 aliphatic carbocycles. The van der Waals surface area contributed by atoms with E-state index in [2.05, 4.69) is 14.9 Å². The quantitative estimate of drug-likeness (QED) is 0.902. The van der Waals surface area contributed by atoms with Gasteiger partial charge in [0.25, 0.3) is 0 Å². The van der Waals surface area contributed by atoms with Crippen LogP contribution in [-0.2, 0) is 0 Å². The number of primary amides is 1. The molecule has 2 N–H and O–H groups in total. The molecule has 6 heteroatoms. The first-order chi connectivity index (χ1) is 13.1. The fourth-order valence-corrected chi connectivity index (χ4v) is 3.19. The molecule has 2 aliphatic rings. The molecule has 4 rings (SSSR count). The Balaban J connectivity index is 0.000000159. The third-order valence-corrected chi connectivity index (χ3v) is 4.96. The van der Waals surface area contributed by atoms with Gasteiger partial charge in [-0.05, 0) is 62.6 Å². The molecule has 1 saturated heterocycles. The molecule has 1 saturated carbocycles. The fraction of sp³-hybridized carbons (Fsp3) is 0.429. The van der Waals surface area contributed by atoms with Gasteiger partial charge in [-0.2, -0.15) is 5.26 Å². The standard InChI is InChI=1S/C11H14N4.C10H11NO/c1-9-10(7-12)13-8-11(14-9)15-5-3-2-4-6-15;11-10(12)9-5-3-8(4-6-9)7-1-2-7/h8H,2-6H2,1H3;3-7H,1-2H2,(H2,11,12). The number of hydrogen-bond acceptors (Lipinski definition) is 5. The van der Waals surface area contributed by atoms with E-state index in [0.29, 0.717) is 11.3 Å². The molecule has 0 atom stereocenters. The Bertz CT molecular complexity index is 831. The first-order valence-corrected chi connectivity index (χ1v) is 9.47. The summed E-state index contributed by atoms with van der Waals surface area (Å²) in [4.78, 5) is 21.5. The second-order valence-electron chi connectivity index (χ2n) is 7.08. The Kier molecular flexibility index (Phi) is 6.02. The number of carbonyl (C=O) groups excluding carboxylic acids is 1. The highest BCUT2D eigenvalue weighted by molar-refractivity contribution is 5.92. The molecule has 0 bridgehead atoms. The van der Waals surface area contributed by atoms with Crippen molar-refractivity contribution in [1.29, 1.82) is 5.26 Å². The van der Waals surface area contributed by atoms with E-state index in [1.165, 1.54) is 37.7 Å². The molecule has 1 amide bonds. The van der Waals surface area contributed by atoms with Crippen molar-refractivity contribution >= 4 is 11.7 Å². The molecule has 27 heavy (non-hydrogen) atoms. The van der Waals surface area contributed by atoms with E-state index in [-0.39, 0.29) is 5.91 Å². The fourth-order valence-electron chi connectivity index (χ4n) is 3.19. The normalized spacial score (nSPS) is 16.1. The van der Waals surface area contributed by atoms with E-state index in [1.807, 2.05) is 25.1 Å². The Morgan fingerprint density at radius 2 is 1.85 bits per heavy atom. The van der Waals surface area contributed by atoms with Gasteiger partial charge in [0.1, 0.15) is 11.9 Å². The summed E-state index contributed by atoms with van der Waals surface area (Å²) in [6, 6.07) is 9.63. The van der Waals surface area contributed by atoms with Crippen LogP contribution in [0.1, 0.15) is 65.3 Å². The van der Waals surface area contributed by atoms with E-state index in [0.717, 1.165) is 30.5 Å². The molecule has 1 aromatic carbocycles. The Hall–Kier alpha value is -2.94. The lowest BCUT2D eigenvalue weighted by atomic mass is 10.1. The highest BCUT2D eigenvalue weighted by Gasteiger charge is 2.23. The van der Waals surface area contributed by atoms with Crippen LogP contribution in [0, 0.1) is 18.3 Å². The summed E-state index contributed by atoms with van der Waals surface area (Å²) in [5.74, 6) is 1.30. The molecule has 140 valence electrons. The largest absolute Gasteiger partial charge is 0.366 e. The monoisotopic (exact) mass is 363 g/mol. The summed E-state index contributed by atoms with van der Waals surface area (Å²) in [7, 11) is 0. The summed E-state index contributed by atoms with van der Waals surface area (Å²) in [5.41, 5.74) is 8.20. The zero-order chi connectivity index (χ0) is 19.2. The molecular weight excluding hydrogens is 338 g/mol. The van der Waals surface area contributed by atoms with Crippen molar-refractivity contribution in [3.05, 3.63) is 53.0 Å². The minimum absolute atomic E-state index is 0.350. The second-order valence-corrected chi connectivity index (χ2v) is 7.08. The summed E-state index contributed by atoms with van der Waals surface area (Å²) in [6.45, 7) is 3.94. The minimum Gasteiger partial charge on any atom is -0.366 e.